The van der Waals surface area contributed by atoms with E-state index in [1.54, 1.807) is 24.3 Å². The largest absolute Gasteiger partial charge is 0.462 e. The molecule has 1 atom stereocenters. The monoisotopic (exact) mass is 548 g/mol. The van der Waals surface area contributed by atoms with E-state index < -0.39 is 5.97 Å². The van der Waals surface area contributed by atoms with Gasteiger partial charge >= 0.3 is 11.9 Å². The molecule has 6 heteroatoms. The number of carbonyl (C=O) groups is 2. The van der Waals surface area contributed by atoms with Gasteiger partial charge in [0.05, 0.1) is 12.5 Å². The number of nitrogen functional groups attached to an aromatic ring is 2. The number of benzene rings is 2. The van der Waals surface area contributed by atoms with Gasteiger partial charge in [-0.2, -0.15) is 0 Å². The molecule has 2 aromatic rings. The molecule has 6 nitrogen and oxygen atoms in total. The second-order valence-electron chi connectivity index (χ2n) is 11.3. The number of ether oxygens (including phenoxy) is 2. The van der Waals surface area contributed by atoms with Crippen molar-refractivity contribution >= 4 is 29.4 Å². The van der Waals surface area contributed by atoms with Gasteiger partial charge in [-0.3, -0.25) is 4.79 Å². The van der Waals surface area contributed by atoms with Gasteiger partial charge in [0.25, 0.3) is 0 Å². The number of carbonyl (C=O) groups excluding carboxylic acids is 2. The topological polar surface area (TPSA) is 105 Å². The molecule has 1 aliphatic rings. The Morgan fingerprint density at radius 2 is 1.57 bits per heavy atom. The predicted octanol–water partition coefficient (Wildman–Crippen LogP) is 8.06. The third kappa shape index (κ3) is 10.7. The van der Waals surface area contributed by atoms with Crippen LogP contribution >= 0.6 is 0 Å². The number of esters is 2. The highest BCUT2D eigenvalue weighted by atomic mass is 16.5. The van der Waals surface area contributed by atoms with Crippen LogP contribution < -0.4 is 16.2 Å². The van der Waals surface area contributed by atoms with E-state index in [0.717, 1.165) is 62.0 Å². The van der Waals surface area contributed by atoms with Crippen LogP contribution in [0.1, 0.15) is 108 Å². The lowest BCUT2D eigenvalue weighted by Crippen LogP contribution is -2.25. The van der Waals surface area contributed by atoms with Gasteiger partial charge in [0, 0.05) is 23.4 Å². The molecule has 0 spiro atoms. The third-order valence-corrected chi connectivity index (χ3v) is 7.96. The van der Waals surface area contributed by atoms with Crippen LogP contribution in [-0.2, 0) is 14.3 Å². The molecule has 0 radical (unpaired) electrons. The normalized spacial score (nSPS) is 17.9. The zero-order valence-electron chi connectivity index (χ0n) is 24.4. The maximum atomic E-state index is 12.7. The first-order chi connectivity index (χ1) is 19.4. The molecule has 0 heterocycles. The van der Waals surface area contributed by atoms with E-state index >= 15 is 0 Å². The molecule has 1 aliphatic carbocycles. The molecule has 0 aromatic heterocycles. The first kappa shape index (κ1) is 31.3. The van der Waals surface area contributed by atoms with Crippen molar-refractivity contribution in [2.24, 2.45) is 11.8 Å². The Hall–Kier alpha value is -3.28. The molecule has 40 heavy (non-hydrogen) atoms. The van der Waals surface area contributed by atoms with Gasteiger partial charge in [-0.25, -0.2) is 4.79 Å². The van der Waals surface area contributed by atoms with E-state index in [-0.39, 0.29) is 24.4 Å². The van der Waals surface area contributed by atoms with E-state index in [2.05, 4.69) is 13.8 Å². The summed E-state index contributed by atoms with van der Waals surface area (Å²) >= 11 is 0. The smallest absolute Gasteiger partial charge is 0.330 e. The minimum Gasteiger partial charge on any atom is -0.462 e. The highest BCUT2D eigenvalue weighted by Gasteiger charge is 2.27. The average Bonchev–Trinajstić information content (AvgIpc) is 2.95. The van der Waals surface area contributed by atoms with Gasteiger partial charge in [0.2, 0.25) is 0 Å². The van der Waals surface area contributed by atoms with Gasteiger partial charge in [-0.1, -0.05) is 70.9 Å². The molecule has 3 rings (SSSR count). The number of unbranched alkanes of at least 4 members (excludes halogenated alkanes) is 4. The maximum absolute atomic E-state index is 12.7. The average molecular weight is 549 g/mol. The summed E-state index contributed by atoms with van der Waals surface area (Å²) in [6, 6.07) is 12.7. The number of hydrogen-bond acceptors (Lipinski definition) is 6. The molecule has 1 unspecified atom stereocenters. The van der Waals surface area contributed by atoms with Crippen molar-refractivity contribution in [1.29, 1.82) is 0 Å². The summed E-state index contributed by atoms with van der Waals surface area (Å²) in [6.45, 7) is 4.64. The van der Waals surface area contributed by atoms with Crippen LogP contribution in [0.25, 0.3) is 6.08 Å². The second kappa shape index (κ2) is 16.7. The van der Waals surface area contributed by atoms with Gasteiger partial charge in [-0.05, 0) is 85.6 Å². The molecule has 0 saturated heterocycles. The summed E-state index contributed by atoms with van der Waals surface area (Å²) in [7, 11) is 0. The van der Waals surface area contributed by atoms with Crippen LogP contribution in [0.4, 0.5) is 11.4 Å². The summed E-state index contributed by atoms with van der Waals surface area (Å²) in [5.41, 5.74) is 15.0. The Morgan fingerprint density at radius 3 is 2.23 bits per heavy atom. The quantitative estimate of drug-likeness (QED) is 0.0767. The summed E-state index contributed by atoms with van der Waals surface area (Å²) < 4.78 is 11.2. The lowest BCUT2D eigenvalue weighted by Gasteiger charge is -2.27. The van der Waals surface area contributed by atoms with Gasteiger partial charge in [0.1, 0.15) is 5.75 Å². The Morgan fingerprint density at radius 1 is 0.900 bits per heavy atom. The Balaban J connectivity index is 1.43. The lowest BCUT2D eigenvalue weighted by molar-refractivity contribution is -0.140. The minimum absolute atomic E-state index is 0.00819. The number of rotatable bonds is 15. The summed E-state index contributed by atoms with van der Waals surface area (Å²) in [5, 5.41) is 0. The van der Waals surface area contributed by atoms with E-state index in [9.17, 15) is 9.59 Å². The zero-order valence-corrected chi connectivity index (χ0v) is 24.4. The lowest BCUT2D eigenvalue weighted by atomic mass is 9.80. The number of nitrogens with two attached hydrogens (primary N) is 2. The molecule has 1 saturated carbocycles. The van der Waals surface area contributed by atoms with Crippen molar-refractivity contribution in [1.82, 2.24) is 0 Å². The van der Waals surface area contributed by atoms with E-state index in [0.29, 0.717) is 17.1 Å². The molecule has 1 fully saturated rings. The third-order valence-electron chi connectivity index (χ3n) is 7.96. The van der Waals surface area contributed by atoms with Crippen LogP contribution in [0, 0.1) is 11.8 Å². The van der Waals surface area contributed by atoms with Gasteiger partial charge in [-0.15, -0.1) is 0 Å². The Kier molecular flexibility index (Phi) is 13.1. The van der Waals surface area contributed by atoms with Crippen LogP contribution in [0.2, 0.25) is 0 Å². The van der Waals surface area contributed by atoms with Crippen LogP contribution in [-0.4, -0.2) is 18.5 Å². The predicted molar refractivity (Wildman–Crippen MR) is 164 cm³/mol. The van der Waals surface area contributed by atoms with Gasteiger partial charge in [0.15, 0.2) is 0 Å². The first-order valence-corrected chi connectivity index (χ1v) is 15.2. The first-order valence-electron chi connectivity index (χ1n) is 15.2. The minimum atomic E-state index is -0.408. The van der Waals surface area contributed by atoms with Crippen molar-refractivity contribution in [2.45, 2.75) is 96.8 Å². The number of anilines is 2. The molecule has 0 aliphatic heterocycles. The van der Waals surface area contributed by atoms with Crippen molar-refractivity contribution in [3.8, 4) is 5.75 Å². The highest BCUT2D eigenvalue weighted by Crippen LogP contribution is 2.33. The fourth-order valence-corrected chi connectivity index (χ4v) is 5.52. The van der Waals surface area contributed by atoms with E-state index in [1.807, 2.05) is 24.3 Å². The molecule has 218 valence electrons. The van der Waals surface area contributed by atoms with Crippen LogP contribution in [0.3, 0.4) is 0 Å². The molecule has 2 aromatic carbocycles. The molecule has 0 amide bonds. The van der Waals surface area contributed by atoms with Crippen molar-refractivity contribution in [3.63, 3.8) is 0 Å². The molecular formula is C34H48N2O4. The maximum Gasteiger partial charge on any atom is 0.330 e. The van der Waals surface area contributed by atoms with Crippen LogP contribution in [0.5, 0.6) is 5.75 Å². The fraction of sp³-hybridized carbons (Fsp3) is 0.529. The Labute approximate surface area is 240 Å². The number of hydrogen-bond donors (Lipinski definition) is 2. The standard InChI is InChI=1S/C34H48N2O4/c1-3-5-7-8-9-25-11-16-27(17-12-25)34(38)40-32-18-13-26(14-19-32)15-20-33(37)39-24-28(10-6-4-2)29-21-30(35)23-31(36)22-29/h13-15,18-23,25,27-28H,3-12,16-17,24,35-36H2,1-2H3/b20-15+. The Bertz CT molecular complexity index is 1070. The van der Waals surface area contributed by atoms with Crippen LogP contribution in [0.15, 0.2) is 48.5 Å². The summed E-state index contributed by atoms with van der Waals surface area (Å²) in [5.74, 6) is 0.790. The van der Waals surface area contributed by atoms with Crippen molar-refractivity contribution < 1.29 is 19.1 Å². The van der Waals surface area contributed by atoms with E-state index in [4.69, 9.17) is 20.9 Å². The fourth-order valence-electron chi connectivity index (χ4n) is 5.52. The molecular weight excluding hydrogens is 500 g/mol. The second-order valence-corrected chi connectivity index (χ2v) is 11.3. The van der Waals surface area contributed by atoms with E-state index in [1.165, 1.54) is 38.2 Å². The summed E-state index contributed by atoms with van der Waals surface area (Å²) in [6.07, 6.45) is 16.7. The molecule has 0 bridgehead atoms. The van der Waals surface area contributed by atoms with Gasteiger partial charge < -0.3 is 20.9 Å². The summed E-state index contributed by atoms with van der Waals surface area (Å²) in [4.78, 5) is 25.1. The van der Waals surface area contributed by atoms with Crippen molar-refractivity contribution in [3.05, 3.63) is 59.7 Å². The van der Waals surface area contributed by atoms with Crippen molar-refractivity contribution in [2.75, 3.05) is 18.1 Å². The SMILES string of the molecule is CCCCCCC1CCC(C(=O)Oc2ccc(/C=C/C(=O)OCC(CCCC)c3cc(N)cc(N)c3)cc2)CC1. The zero-order chi connectivity index (χ0) is 28.7. The highest BCUT2D eigenvalue weighted by molar-refractivity contribution is 5.87. The molecule has 4 N–H and O–H groups in total.